The molecule has 8 nitrogen and oxygen atoms in total. The van der Waals surface area contributed by atoms with Crippen molar-refractivity contribution in [2.24, 2.45) is 0 Å². The van der Waals surface area contributed by atoms with Gasteiger partial charge in [-0.1, -0.05) is 6.07 Å². The van der Waals surface area contributed by atoms with E-state index < -0.39 is 21.9 Å². The molecule has 22 heavy (non-hydrogen) atoms. The van der Waals surface area contributed by atoms with Crippen molar-refractivity contribution in [2.45, 2.75) is 13.0 Å². The maximum Gasteiger partial charge on any atom is 0.354 e. The standard InChI is InChI=1S/C13H17N3O5S/c1-9-8-15(6-7-16(9)22(2,20)21)12(17)10-4-3-5-11(14-10)13(18)19/h3-5,9H,6-8H2,1-2H3,(H,18,19)/t9-/m0/s1. The van der Waals surface area contributed by atoms with E-state index in [0.717, 1.165) is 6.26 Å². The number of aromatic nitrogens is 1. The molecule has 1 aromatic rings. The predicted octanol–water partition coefficient (Wildman–Crippen LogP) is -0.114. The number of carbonyl (C=O) groups excluding carboxylic acids is 1. The van der Waals surface area contributed by atoms with Gasteiger partial charge in [0.05, 0.1) is 6.26 Å². The Kier molecular flexibility index (Phi) is 4.47. The van der Waals surface area contributed by atoms with Crippen LogP contribution in [0.3, 0.4) is 0 Å². The summed E-state index contributed by atoms with van der Waals surface area (Å²) in [6, 6.07) is 3.88. The lowest BCUT2D eigenvalue weighted by molar-refractivity contribution is 0.0635. The summed E-state index contributed by atoms with van der Waals surface area (Å²) >= 11 is 0. The van der Waals surface area contributed by atoms with E-state index in [1.54, 1.807) is 6.92 Å². The smallest absolute Gasteiger partial charge is 0.354 e. The number of nitrogens with zero attached hydrogens (tertiary/aromatic N) is 3. The number of rotatable bonds is 3. The van der Waals surface area contributed by atoms with Crippen LogP contribution in [0.4, 0.5) is 0 Å². The van der Waals surface area contributed by atoms with Crippen molar-refractivity contribution in [3.63, 3.8) is 0 Å². The zero-order valence-corrected chi connectivity index (χ0v) is 13.1. The lowest BCUT2D eigenvalue weighted by atomic mass is 10.2. The Morgan fingerprint density at radius 2 is 1.91 bits per heavy atom. The van der Waals surface area contributed by atoms with Crippen LogP contribution in [0.25, 0.3) is 0 Å². The number of sulfonamides is 1. The molecule has 1 N–H and O–H groups in total. The van der Waals surface area contributed by atoms with Crippen molar-refractivity contribution in [2.75, 3.05) is 25.9 Å². The number of amides is 1. The van der Waals surface area contributed by atoms with Crippen molar-refractivity contribution in [3.8, 4) is 0 Å². The first-order valence-electron chi connectivity index (χ1n) is 6.66. The third-order valence-corrected chi connectivity index (χ3v) is 4.86. The van der Waals surface area contributed by atoms with Gasteiger partial charge in [-0.3, -0.25) is 4.79 Å². The molecular formula is C13H17N3O5S. The minimum Gasteiger partial charge on any atom is -0.477 e. The summed E-state index contributed by atoms with van der Waals surface area (Å²) in [5.41, 5.74) is -0.159. The highest BCUT2D eigenvalue weighted by Crippen LogP contribution is 2.15. The van der Waals surface area contributed by atoms with Crippen LogP contribution in [0.5, 0.6) is 0 Å². The van der Waals surface area contributed by atoms with Gasteiger partial charge in [0.15, 0.2) is 0 Å². The van der Waals surface area contributed by atoms with E-state index in [-0.39, 0.29) is 37.1 Å². The zero-order valence-electron chi connectivity index (χ0n) is 12.3. The van der Waals surface area contributed by atoms with Crippen LogP contribution in [-0.2, 0) is 10.0 Å². The number of carboxylic acid groups (broad SMARTS) is 1. The average Bonchev–Trinajstić information content (AvgIpc) is 2.45. The quantitative estimate of drug-likeness (QED) is 0.829. The van der Waals surface area contributed by atoms with E-state index in [1.807, 2.05) is 0 Å². The molecule has 1 saturated heterocycles. The summed E-state index contributed by atoms with van der Waals surface area (Å²) in [4.78, 5) is 28.6. The summed E-state index contributed by atoms with van der Waals surface area (Å²) in [7, 11) is -3.30. The fourth-order valence-corrected chi connectivity index (χ4v) is 3.59. The summed E-state index contributed by atoms with van der Waals surface area (Å²) in [6.07, 6.45) is 1.14. The molecule has 9 heteroatoms. The van der Waals surface area contributed by atoms with Crippen LogP contribution in [0.15, 0.2) is 18.2 Å². The van der Waals surface area contributed by atoms with Gasteiger partial charge in [0.1, 0.15) is 11.4 Å². The molecule has 0 unspecified atom stereocenters. The molecule has 1 atom stereocenters. The predicted molar refractivity (Wildman–Crippen MR) is 78.1 cm³/mol. The number of piperazine rings is 1. The summed E-state index contributed by atoms with van der Waals surface area (Å²) in [5, 5.41) is 8.91. The van der Waals surface area contributed by atoms with E-state index in [2.05, 4.69) is 4.98 Å². The van der Waals surface area contributed by atoms with Gasteiger partial charge in [0.2, 0.25) is 10.0 Å². The Hall–Kier alpha value is -2.00. The Balaban J connectivity index is 2.15. The molecule has 1 aromatic heterocycles. The molecule has 0 radical (unpaired) electrons. The molecule has 1 aliphatic rings. The van der Waals surface area contributed by atoms with Crippen LogP contribution < -0.4 is 0 Å². The minimum absolute atomic E-state index is 0.0416. The van der Waals surface area contributed by atoms with Gasteiger partial charge in [0.25, 0.3) is 5.91 Å². The highest BCUT2D eigenvalue weighted by Gasteiger charge is 2.32. The van der Waals surface area contributed by atoms with Gasteiger partial charge < -0.3 is 10.0 Å². The van der Waals surface area contributed by atoms with Gasteiger partial charge in [-0.15, -0.1) is 0 Å². The molecule has 0 bridgehead atoms. The highest BCUT2D eigenvalue weighted by atomic mass is 32.2. The molecule has 2 heterocycles. The number of hydrogen-bond acceptors (Lipinski definition) is 5. The molecule has 120 valence electrons. The fraction of sp³-hybridized carbons (Fsp3) is 0.462. The summed E-state index contributed by atoms with van der Waals surface area (Å²) < 4.78 is 24.6. The topological polar surface area (TPSA) is 108 Å². The molecule has 1 aliphatic heterocycles. The largest absolute Gasteiger partial charge is 0.477 e. The highest BCUT2D eigenvalue weighted by molar-refractivity contribution is 7.88. The van der Waals surface area contributed by atoms with Gasteiger partial charge in [-0.05, 0) is 19.1 Å². The minimum atomic E-state index is -3.30. The normalized spacial score (nSPS) is 19.9. The van der Waals surface area contributed by atoms with Crippen LogP contribution in [0.1, 0.15) is 27.9 Å². The molecule has 2 rings (SSSR count). The third-order valence-electron chi connectivity index (χ3n) is 3.47. The second-order valence-corrected chi connectivity index (χ2v) is 7.12. The Morgan fingerprint density at radius 3 is 2.45 bits per heavy atom. The molecule has 0 saturated carbocycles. The number of pyridine rings is 1. The lowest BCUT2D eigenvalue weighted by Crippen LogP contribution is -2.55. The van der Waals surface area contributed by atoms with Crippen LogP contribution in [-0.4, -0.2) is 71.5 Å². The first-order chi connectivity index (χ1) is 10.2. The van der Waals surface area contributed by atoms with Crippen molar-refractivity contribution in [1.29, 1.82) is 0 Å². The molecule has 0 aromatic carbocycles. The van der Waals surface area contributed by atoms with Crippen LogP contribution in [0.2, 0.25) is 0 Å². The first-order valence-corrected chi connectivity index (χ1v) is 8.51. The second-order valence-electron chi connectivity index (χ2n) is 5.19. The first kappa shape index (κ1) is 16.4. The van der Waals surface area contributed by atoms with Crippen molar-refractivity contribution < 1.29 is 23.1 Å². The molecular weight excluding hydrogens is 310 g/mol. The van der Waals surface area contributed by atoms with E-state index in [4.69, 9.17) is 5.11 Å². The number of carboxylic acids is 1. The van der Waals surface area contributed by atoms with Crippen molar-refractivity contribution in [3.05, 3.63) is 29.6 Å². The molecule has 0 spiro atoms. The van der Waals surface area contributed by atoms with E-state index in [0.29, 0.717) is 0 Å². The van der Waals surface area contributed by atoms with Crippen molar-refractivity contribution in [1.82, 2.24) is 14.2 Å². The van der Waals surface area contributed by atoms with Gasteiger partial charge in [-0.2, -0.15) is 4.31 Å². The van der Waals surface area contributed by atoms with E-state index in [9.17, 15) is 18.0 Å². The number of aromatic carboxylic acids is 1. The second kappa shape index (κ2) is 6.01. The monoisotopic (exact) mass is 327 g/mol. The molecule has 1 amide bonds. The van der Waals surface area contributed by atoms with Gasteiger partial charge in [0, 0.05) is 25.7 Å². The number of hydrogen-bond donors (Lipinski definition) is 1. The lowest BCUT2D eigenvalue weighted by Gasteiger charge is -2.38. The fourth-order valence-electron chi connectivity index (χ4n) is 2.45. The van der Waals surface area contributed by atoms with Gasteiger partial charge in [-0.25, -0.2) is 18.2 Å². The number of carbonyl (C=O) groups is 2. The maximum absolute atomic E-state index is 12.4. The zero-order chi connectivity index (χ0) is 16.5. The SMILES string of the molecule is C[C@H]1CN(C(=O)c2cccc(C(=O)O)n2)CCN1S(C)(=O)=O. The Morgan fingerprint density at radius 1 is 1.27 bits per heavy atom. The van der Waals surface area contributed by atoms with Crippen LogP contribution in [0, 0.1) is 0 Å². The van der Waals surface area contributed by atoms with E-state index >= 15 is 0 Å². The average molecular weight is 327 g/mol. The van der Waals surface area contributed by atoms with Crippen molar-refractivity contribution >= 4 is 21.9 Å². The Labute approximate surface area is 128 Å². The molecule has 0 aliphatic carbocycles. The van der Waals surface area contributed by atoms with E-state index in [1.165, 1.54) is 27.4 Å². The summed E-state index contributed by atoms with van der Waals surface area (Å²) in [5.74, 6) is -1.60. The van der Waals surface area contributed by atoms with Gasteiger partial charge >= 0.3 is 5.97 Å². The summed E-state index contributed by atoms with van der Waals surface area (Å²) in [6.45, 7) is 2.42. The molecule has 1 fully saturated rings. The van der Waals surface area contributed by atoms with Crippen LogP contribution >= 0.6 is 0 Å². The maximum atomic E-state index is 12.4. The Bertz CT molecular complexity index is 703. The third kappa shape index (κ3) is 3.42.